The van der Waals surface area contributed by atoms with Crippen LogP contribution in [0.5, 0.6) is 0 Å². The number of fused-ring (bicyclic) bond motifs is 6. The van der Waals surface area contributed by atoms with Crippen molar-refractivity contribution in [2.75, 3.05) is 31.6 Å². The van der Waals surface area contributed by atoms with E-state index in [4.69, 9.17) is 27.4 Å². The van der Waals surface area contributed by atoms with Gasteiger partial charge in [-0.1, -0.05) is 17.7 Å². The molecule has 6 aromatic rings. The number of nitrogens with zero attached hydrogens (tertiary/aromatic N) is 10. The number of carbonyl (C=O) groups is 3. The van der Waals surface area contributed by atoms with Crippen molar-refractivity contribution in [1.29, 1.82) is 21.0 Å². The van der Waals surface area contributed by atoms with Gasteiger partial charge in [-0.05, 0) is 221 Å². The number of aliphatic hydroxyl groups is 1. The van der Waals surface area contributed by atoms with Crippen LogP contribution < -0.4 is 0 Å². The van der Waals surface area contributed by atoms with Crippen LogP contribution in [-0.2, 0) is 16.3 Å². The largest absolute Gasteiger partial charge is 0.391 e. The fourth-order valence-corrected chi connectivity index (χ4v) is 16.3. The predicted octanol–water partition coefficient (Wildman–Crippen LogP) is 12.3. The number of hydrogen-bond donors (Lipinski definition) is 1. The van der Waals surface area contributed by atoms with E-state index >= 15 is 0 Å². The first-order chi connectivity index (χ1) is 43.2. The van der Waals surface area contributed by atoms with Gasteiger partial charge in [0, 0.05) is 116 Å². The number of allylic oxidation sites excluding steroid dienone is 1. The molecule has 6 aliphatic rings. The number of aliphatic hydroxyl groups excluding tert-OH is 1. The highest BCUT2D eigenvalue weighted by Crippen LogP contribution is 2.41. The lowest BCUT2D eigenvalue weighted by atomic mass is 9.98. The molecule has 6 saturated heterocycles. The zero-order valence-corrected chi connectivity index (χ0v) is 54.2. The molecule has 0 saturated carbocycles. The first kappa shape index (κ1) is 65.2. The van der Waals surface area contributed by atoms with Crippen LogP contribution in [0.15, 0.2) is 84.9 Å². The van der Waals surface area contributed by atoms with E-state index in [2.05, 4.69) is 49.6 Å². The summed E-state index contributed by atoms with van der Waals surface area (Å²) in [6, 6.07) is 35.5. The summed E-state index contributed by atoms with van der Waals surface area (Å²) in [4.78, 5) is 46.9. The average molecular weight is 1250 g/mol. The van der Waals surface area contributed by atoms with Gasteiger partial charge >= 0.3 is 0 Å². The number of hydrogen-bond acceptors (Lipinski definition) is 13. The van der Waals surface area contributed by atoms with Crippen LogP contribution >= 0.6 is 11.6 Å². The number of carbonyl (C=O) groups excluding carboxylic acids is 3. The molecule has 0 aliphatic carbocycles. The molecule has 0 radical (unpaired) electrons. The lowest BCUT2D eigenvalue weighted by Crippen LogP contribution is -2.36. The van der Waals surface area contributed by atoms with Gasteiger partial charge in [0.05, 0.1) is 72.0 Å². The van der Waals surface area contributed by atoms with Crippen LogP contribution in [-0.4, -0.2) is 133 Å². The molecule has 2 unspecified atom stereocenters. The first-order valence-electron chi connectivity index (χ1n) is 31.8. The second-order valence-corrected chi connectivity index (χ2v) is 28.1. The van der Waals surface area contributed by atoms with Crippen molar-refractivity contribution in [2.24, 2.45) is 0 Å². The Balaban J connectivity index is 0.000000149. The monoisotopic (exact) mass is 1250 g/mol. The van der Waals surface area contributed by atoms with Crippen LogP contribution in [0.3, 0.4) is 0 Å². The summed E-state index contributed by atoms with van der Waals surface area (Å²) in [7, 11) is -3.04. The molecule has 16 nitrogen and oxygen atoms in total. The van der Waals surface area contributed by atoms with Gasteiger partial charge in [-0.3, -0.25) is 29.1 Å². The molecule has 1 N–H and O–H groups in total. The van der Waals surface area contributed by atoms with Crippen LogP contribution in [0.25, 0.3) is 23.1 Å². The third-order valence-corrected chi connectivity index (χ3v) is 21.2. The number of aromatic nitrogens is 3. The number of aryl methyl sites for hydroxylation is 1. The number of Topliss-reactive ketones (excluding diaryl/α,β-unsaturated/α-hetero) is 3. The average Bonchev–Trinajstić information content (AvgIpc) is 1.70. The van der Waals surface area contributed by atoms with Crippen molar-refractivity contribution < 1.29 is 27.9 Å². The van der Waals surface area contributed by atoms with E-state index in [9.17, 15) is 33.2 Å². The second-order valence-electron chi connectivity index (χ2n) is 25.4. The highest BCUT2D eigenvalue weighted by atomic mass is 35.5. The zero-order valence-electron chi connectivity index (χ0n) is 52.6. The minimum Gasteiger partial charge on any atom is -0.391 e. The van der Waals surface area contributed by atoms with Gasteiger partial charge < -0.3 is 18.8 Å². The van der Waals surface area contributed by atoms with E-state index in [1.165, 1.54) is 57.6 Å². The number of unbranched alkanes of at least 4 members (excludes halogenated alkanes) is 2. The van der Waals surface area contributed by atoms with E-state index in [0.717, 1.165) is 106 Å². The Morgan fingerprint density at radius 1 is 0.589 bits per heavy atom. The van der Waals surface area contributed by atoms with Crippen LogP contribution in [0.4, 0.5) is 0 Å². The quantitative estimate of drug-likeness (QED) is 0.0555. The molecular weight excluding hydrogens is 1170 g/mol. The van der Waals surface area contributed by atoms with Gasteiger partial charge in [-0.25, -0.2) is 8.42 Å². The predicted molar refractivity (Wildman–Crippen MR) is 349 cm³/mol. The summed E-state index contributed by atoms with van der Waals surface area (Å²) >= 11 is 6.08. The maximum absolute atomic E-state index is 13.5. The molecule has 0 amide bonds. The second kappa shape index (κ2) is 28.2. The molecule has 90 heavy (non-hydrogen) atoms. The van der Waals surface area contributed by atoms with E-state index < -0.39 is 9.84 Å². The first-order valence-corrected chi connectivity index (χ1v) is 34.3. The van der Waals surface area contributed by atoms with E-state index in [-0.39, 0.29) is 47.8 Å². The van der Waals surface area contributed by atoms with E-state index in [0.29, 0.717) is 77.4 Å². The summed E-state index contributed by atoms with van der Waals surface area (Å²) in [5.74, 6) is 0.382. The number of ketones is 3. The Morgan fingerprint density at radius 3 is 1.58 bits per heavy atom. The molecule has 9 heterocycles. The van der Waals surface area contributed by atoms with Crippen molar-refractivity contribution >= 4 is 44.9 Å². The summed E-state index contributed by atoms with van der Waals surface area (Å²) in [5, 5.41) is 47.5. The van der Waals surface area contributed by atoms with Gasteiger partial charge in [-0.2, -0.15) is 21.0 Å². The Kier molecular flexibility index (Phi) is 20.5. The summed E-state index contributed by atoms with van der Waals surface area (Å²) in [6.07, 6.45) is 20.7. The Morgan fingerprint density at radius 2 is 1.08 bits per heavy atom. The molecule has 6 bridgehead atoms. The third kappa shape index (κ3) is 13.8. The Labute approximate surface area is 535 Å². The van der Waals surface area contributed by atoms with Gasteiger partial charge in [0.2, 0.25) is 0 Å². The van der Waals surface area contributed by atoms with Crippen LogP contribution in [0, 0.1) is 79.9 Å². The molecule has 3 aromatic carbocycles. The van der Waals surface area contributed by atoms with Crippen molar-refractivity contribution in [3.8, 4) is 41.3 Å². The third-order valence-electron chi connectivity index (χ3n) is 20.0. The summed E-state index contributed by atoms with van der Waals surface area (Å²) < 4.78 is 29.2. The van der Waals surface area contributed by atoms with E-state index in [1.807, 2.05) is 104 Å². The summed E-state index contributed by atoms with van der Waals surface area (Å²) in [6.45, 7) is 10.9. The summed E-state index contributed by atoms with van der Waals surface area (Å²) in [5.41, 5.74) is 12.5. The van der Waals surface area contributed by atoms with Gasteiger partial charge in [0.25, 0.3) is 0 Å². The topological polar surface area (TPSA) is 225 Å². The molecule has 0 spiro atoms. The normalized spacial score (nSPS) is 21.6. The van der Waals surface area contributed by atoms with E-state index in [1.54, 1.807) is 24.3 Å². The van der Waals surface area contributed by atoms with Crippen molar-refractivity contribution in [3.63, 3.8) is 0 Å². The number of sulfone groups is 1. The fraction of sp³-hybridized carbons (Fsp3) is 0.458. The van der Waals surface area contributed by atoms with Gasteiger partial charge in [0.1, 0.15) is 15.9 Å². The molecule has 3 aromatic heterocycles. The Hall–Kier alpha value is -7.71. The van der Waals surface area contributed by atoms with Gasteiger partial charge in [-0.15, -0.1) is 0 Å². The number of rotatable bonds is 20. The van der Waals surface area contributed by atoms with Crippen molar-refractivity contribution in [1.82, 2.24) is 28.4 Å². The highest BCUT2D eigenvalue weighted by molar-refractivity contribution is 7.90. The fourth-order valence-electron chi connectivity index (χ4n) is 15.6. The molecule has 12 rings (SSSR count). The number of halogens is 1. The molecule has 6 aliphatic heterocycles. The molecule has 18 heteroatoms. The standard InChI is InChI=1S/C26H31N3O3S.C24H28ClN3O.C22H22N4O2/c1-18-24(6-4-5-15-33(3,31)32)29(23-9-7-20(16-27)8-10-23)19(2)26(18)25(30)17-28-21-11-12-22(28)14-13-21;1-17-23(24(29)16-27-19-10-11-20(27)13-12-19)15-22(5-3-2-4-14-26)28(17)21-8-6-18(25)7-9-21;1-13-18(11-24)22(14(2)26(13)16-5-3-15(10-23)4-6-16)21(28)12-25-17-7-8-19(25)20(27)9-17/h4,6-10,21-22H,5,11-15,17H2,1-3H3;6-9,15,19-20H,2-5,10-13,16H2,1H3;3-6,17,19-20,27H,7-9,12H2,1-2H3/b6-4+;;/t;;17?,19?,20-/m..0/s1. The maximum atomic E-state index is 13.5. The highest BCUT2D eigenvalue weighted by Gasteiger charge is 2.47. The lowest BCUT2D eigenvalue weighted by molar-refractivity contribution is 0.0870. The lowest BCUT2D eigenvalue weighted by Gasteiger charge is -2.21. The maximum Gasteiger partial charge on any atom is 0.180 e. The van der Waals surface area contributed by atoms with Crippen molar-refractivity contribution in [3.05, 3.63) is 163 Å². The minimum atomic E-state index is -3.04. The SMILES string of the molecule is Cc1c(C#N)c(C(=O)CN2C3CCC2[C@@H](O)C3)c(C)n1-c1ccc(C#N)cc1.Cc1c(C(=O)CN2C3CCC2CC3)c(C)n(-c2ccc(C#N)cc2)c1/C=C/CCS(C)(=O)=O.Cc1c(C(=O)CN2C3CCC2CC3)cc(CCCCC#N)n1-c1ccc(Cl)cc1. The van der Waals surface area contributed by atoms with Crippen LogP contribution in [0.2, 0.25) is 5.02 Å². The molecule has 6 fully saturated rings. The van der Waals surface area contributed by atoms with Gasteiger partial charge in [0.15, 0.2) is 17.3 Å². The molecular formula is C72H81ClN10O6S. The Bertz CT molecular complexity index is 3960. The minimum absolute atomic E-state index is 0.0569. The number of benzene rings is 3. The van der Waals surface area contributed by atoms with Crippen molar-refractivity contribution in [2.45, 2.75) is 180 Å². The zero-order chi connectivity index (χ0) is 64.1. The molecule has 468 valence electrons. The smallest absolute Gasteiger partial charge is 0.180 e. The molecule has 3 atom stereocenters. The van der Waals surface area contributed by atoms with Crippen LogP contribution in [0.1, 0.15) is 184 Å². The number of nitriles is 4.